The summed E-state index contributed by atoms with van der Waals surface area (Å²) in [6.45, 7) is 1.20. The van der Waals surface area contributed by atoms with E-state index in [-0.39, 0.29) is 18.5 Å². The minimum Gasteiger partial charge on any atom is -0.493 e. The molecule has 0 aromatic heterocycles. The number of para-hydroxylation sites is 1. The lowest BCUT2D eigenvalue weighted by molar-refractivity contribution is -0.148. The molecule has 3 amide bonds. The van der Waals surface area contributed by atoms with E-state index in [9.17, 15) is 14.4 Å². The zero-order valence-electron chi connectivity index (χ0n) is 18.7. The van der Waals surface area contributed by atoms with E-state index >= 15 is 0 Å². The van der Waals surface area contributed by atoms with Gasteiger partial charge in [0.15, 0.2) is 18.1 Å². The van der Waals surface area contributed by atoms with E-state index in [4.69, 9.17) is 14.2 Å². The number of nitrogens with one attached hydrogen (secondary N) is 1. The Hall–Kier alpha value is -4.01. The van der Waals surface area contributed by atoms with Gasteiger partial charge in [0.25, 0.3) is 5.91 Å². The van der Waals surface area contributed by atoms with Gasteiger partial charge in [-0.2, -0.15) is 0 Å². The Kier molecular flexibility index (Phi) is 8.29. The Labute approximate surface area is 192 Å². The van der Waals surface area contributed by atoms with Crippen LogP contribution in [0.2, 0.25) is 0 Å². The first kappa shape index (κ1) is 23.6. The SMILES string of the molecule is COc1ccc(C=CC(=O)OCC(=O)N2CCN(C(=O)Nc3ccccc3)CC2)cc1OC. The van der Waals surface area contributed by atoms with Crippen LogP contribution in [0.15, 0.2) is 54.6 Å². The number of urea groups is 1. The molecule has 2 aromatic carbocycles. The van der Waals surface area contributed by atoms with Gasteiger partial charge in [-0.05, 0) is 35.9 Å². The molecule has 9 heteroatoms. The van der Waals surface area contributed by atoms with Crippen LogP contribution in [0, 0.1) is 0 Å². The smallest absolute Gasteiger partial charge is 0.331 e. The van der Waals surface area contributed by atoms with E-state index in [1.54, 1.807) is 41.2 Å². The van der Waals surface area contributed by atoms with Gasteiger partial charge in [0, 0.05) is 37.9 Å². The van der Waals surface area contributed by atoms with Gasteiger partial charge in [-0.1, -0.05) is 24.3 Å². The van der Waals surface area contributed by atoms with Gasteiger partial charge < -0.3 is 29.3 Å². The summed E-state index contributed by atoms with van der Waals surface area (Å²) in [6.07, 6.45) is 2.82. The highest BCUT2D eigenvalue weighted by atomic mass is 16.5. The Morgan fingerprint density at radius 2 is 1.58 bits per heavy atom. The minimum atomic E-state index is -0.626. The highest BCUT2D eigenvalue weighted by Crippen LogP contribution is 2.27. The fraction of sp³-hybridized carbons (Fsp3) is 0.292. The van der Waals surface area contributed by atoms with Crippen molar-refractivity contribution >= 4 is 29.7 Å². The predicted molar refractivity (Wildman–Crippen MR) is 123 cm³/mol. The maximum atomic E-state index is 12.4. The summed E-state index contributed by atoms with van der Waals surface area (Å²) in [4.78, 5) is 39.9. The molecule has 0 radical (unpaired) electrons. The molecule has 0 spiro atoms. The molecule has 3 rings (SSSR count). The summed E-state index contributed by atoms with van der Waals surface area (Å²) in [5.41, 5.74) is 1.44. The van der Waals surface area contributed by atoms with Crippen LogP contribution in [0.25, 0.3) is 6.08 Å². The monoisotopic (exact) mass is 453 g/mol. The summed E-state index contributed by atoms with van der Waals surface area (Å²) in [7, 11) is 3.07. The summed E-state index contributed by atoms with van der Waals surface area (Å²) in [6, 6.07) is 14.2. The van der Waals surface area contributed by atoms with Gasteiger partial charge in [-0.3, -0.25) is 4.79 Å². The fourth-order valence-corrected chi connectivity index (χ4v) is 3.28. The van der Waals surface area contributed by atoms with Crippen molar-refractivity contribution in [3.8, 4) is 11.5 Å². The van der Waals surface area contributed by atoms with Crippen LogP contribution < -0.4 is 14.8 Å². The predicted octanol–water partition coefficient (Wildman–Crippen LogP) is 2.64. The quantitative estimate of drug-likeness (QED) is 0.511. The number of piperazine rings is 1. The number of benzene rings is 2. The molecule has 1 fully saturated rings. The van der Waals surface area contributed by atoms with E-state index in [0.29, 0.717) is 43.4 Å². The molecule has 33 heavy (non-hydrogen) atoms. The van der Waals surface area contributed by atoms with Crippen LogP contribution in [0.3, 0.4) is 0 Å². The lowest BCUT2D eigenvalue weighted by atomic mass is 10.2. The molecule has 0 aliphatic carbocycles. The molecule has 0 saturated carbocycles. The average molecular weight is 453 g/mol. The zero-order chi connectivity index (χ0) is 23.6. The number of rotatable bonds is 7. The minimum absolute atomic E-state index is 0.208. The van der Waals surface area contributed by atoms with Crippen LogP contribution >= 0.6 is 0 Å². The third-order valence-corrected chi connectivity index (χ3v) is 5.10. The fourth-order valence-electron chi connectivity index (χ4n) is 3.28. The maximum absolute atomic E-state index is 12.4. The van der Waals surface area contributed by atoms with E-state index in [0.717, 1.165) is 5.56 Å². The Balaban J connectivity index is 1.41. The van der Waals surface area contributed by atoms with Gasteiger partial charge in [0.05, 0.1) is 14.2 Å². The average Bonchev–Trinajstić information content (AvgIpc) is 2.86. The molecule has 1 aliphatic heterocycles. The molecule has 0 bridgehead atoms. The first-order valence-corrected chi connectivity index (χ1v) is 10.5. The van der Waals surface area contributed by atoms with Crippen molar-refractivity contribution in [2.45, 2.75) is 0 Å². The van der Waals surface area contributed by atoms with E-state index in [2.05, 4.69) is 5.32 Å². The summed E-state index contributed by atoms with van der Waals surface area (Å²) < 4.78 is 15.5. The van der Waals surface area contributed by atoms with Crippen molar-refractivity contribution in [2.75, 3.05) is 52.3 Å². The highest BCUT2D eigenvalue weighted by Gasteiger charge is 2.24. The number of anilines is 1. The van der Waals surface area contributed by atoms with E-state index < -0.39 is 5.97 Å². The zero-order valence-corrected chi connectivity index (χ0v) is 18.7. The number of amides is 3. The number of methoxy groups -OCH3 is 2. The molecular weight excluding hydrogens is 426 g/mol. The van der Waals surface area contributed by atoms with Gasteiger partial charge in [0.1, 0.15) is 0 Å². The van der Waals surface area contributed by atoms with Crippen molar-refractivity contribution in [1.82, 2.24) is 9.80 Å². The number of carbonyl (C=O) groups excluding carboxylic acids is 3. The second kappa shape index (κ2) is 11.6. The number of hydrogen-bond donors (Lipinski definition) is 1. The van der Waals surface area contributed by atoms with Gasteiger partial charge in [0.2, 0.25) is 0 Å². The molecule has 1 N–H and O–H groups in total. The number of carbonyl (C=O) groups is 3. The molecule has 0 atom stereocenters. The Bertz CT molecular complexity index is 1000. The molecule has 1 aliphatic rings. The number of hydrogen-bond acceptors (Lipinski definition) is 6. The summed E-state index contributed by atoms with van der Waals surface area (Å²) in [5, 5.41) is 2.83. The molecule has 2 aromatic rings. The van der Waals surface area contributed by atoms with Crippen LogP contribution in [0.1, 0.15) is 5.56 Å². The topological polar surface area (TPSA) is 97.4 Å². The summed E-state index contributed by atoms with van der Waals surface area (Å²) in [5.74, 6) is 0.199. The van der Waals surface area contributed by atoms with Crippen molar-refractivity contribution in [1.29, 1.82) is 0 Å². The molecule has 1 heterocycles. The van der Waals surface area contributed by atoms with Crippen molar-refractivity contribution in [2.24, 2.45) is 0 Å². The molecule has 9 nitrogen and oxygen atoms in total. The second-order valence-corrected chi connectivity index (χ2v) is 7.22. The number of nitrogens with zero attached hydrogens (tertiary/aromatic N) is 2. The second-order valence-electron chi connectivity index (χ2n) is 7.22. The van der Waals surface area contributed by atoms with Crippen molar-refractivity contribution in [3.63, 3.8) is 0 Å². The Morgan fingerprint density at radius 3 is 2.24 bits per heavy atom. The van der Waals surface area contributed by atoms with Crippen LogP contribution in [0.4, 0.5) is 10.5 Å². The van der Waals surface area contributed by atoms with Crippen molar-refractivity contribution < 1.29 is 28.6 Å². The van der Waals surface area contributed by atoms with Crippen LogP contribution in [0.5, 0.6) is 11.5 Å². The first-order chi connectivity index (χ1) is 16.0. The van der Waals surface area contributed by atoms with E-state index in [1.165, 1.54) is 13.2 Å². The molecular formula is C24H27N3O6. The van der Waals surface area contributed by atoms with Gasteiger partial charge in [-0.15, -0.1) is 0 Å². The largest absolute Gasteiger partial charge is 0.493 e. The molecule has 1 saturated heterocycles. The van der Waals surface area contributed by atoms with Gasteiger partial charge in [-0.25, -0.2) is 9.59 Å². The van der Waals surface area contributed by atoms with E-state index in [1.807, 2.05) is 30.3 Å². The number of ether oxygens (including phenoxy) is 3. The van der Waals surface area contributed by atoms with Gasteiger partial charge >= 0.3 is 12.0 Å². The van der Waals surface area contributed by atoms with Crippen LogP contribution in [-0.2, 0) is 14.3 Å². The lowest BCUT2D eigenvalue weighted by Crippen LogP contribution is -2.52. The third-order valence-electron chi connectivity index (χ3n) is 5.10. The Morgan fingerprint density at radius 1 is 0.909 bits per heavy atom. The van der Waals surface area contributed by atoms with Crippen LogP contribution in [-0.4, -0.2) is 74.7 Å². The van der Waals surface area contributed by atoms with Crippen molar-refractivity contribution in [3.05, 3.63) is 60.2 Å². The third kappa shape index (κ3) is 6.73. The molecule has 0 unspecified atom stereocenters. The highest BCUT2D eigenvalue weighted by molar-refractivity contribution is 5.90. The number of esters is 1. The lowest BCUT2D eigenvalue weighted by Gasteiger charge is -2.34. The molecule has 174 valence electrons. The maximum Gasteiger partial charge on any atom is 0.331 e. The summed E-state index contributed by atoms with van der Waals surface area (Å²) >= 11 is 0. The normalized spacial score (nSPS) is 13.5. The standard InChI is InChI=1S/C24H27N3O6/c1-31-20-10-8-18(16-21(20)32-2)9-11-23(29)33-17-22(28)26-12-14-27(15-13-26)24(30)25-19-6-4-3-5-7-19/h3-11,16H,12-15,17H2,1-2H3,(H,25,30). The first-order valence-electron chi connectivity index (χ1n) is 10.5.